The van der Waals surface area contributed by atoms with Crippen molar-refractivity contribution in [2.24, 2.45) is 7.05 Å². The molecule has 1 aromatic rings. The molecule has 0 aliphatic heterocycles. The van der Waals surface area contributed by atoms with Gasteiger partial charge in [0.25, 0.3) is 0 Å². The summed E-state index contributed by atoms with van der Waals surface area (Å²) in [6.45, 7) is 4.88. The summed E-state index contributed by atoms with van der Waals surface area (Å²) in [5.41, 5.74) is 0.461. The molecule has 0 unspecified atom stereocenters. The van der Waals surface area contributed by atoms with Crippen LogP contribution in [0.2, 0.25) is 0 Å². The summed E-state index contributed by atoms with van der Waals surface area (Å²) in [5.74, 6) is 0. The predicted octanol–water partition coefficient (Wildman–Crippen LogP) is 0.281. The number of imidazole rings is 1. The third-order valence-electron chi connectivity index (χ3n) is 1.78. The highest BCUT2D eigenvalue weighted by molar-refractivity contribution is 4.96. The van der Waals surface area contributed by atoms with E-state index in [2.05, 4.69) is 10.3 Å². The molecule has 2 N–H and O–H groups in total. The number of aromatic nitrogens is 2. The minimum absolute atomic E-state index is 0.582. The second-order valence-electron chi connectivity index (χ2n) is 3.91. The second kappa shape index (κ2) is 3.89. The summed E-state index contributed by atoms with van der Waals surface area (Å²) >= 11 is 0. The number of nitrogens with zero attached hydrogens (tertiary/aromatic N) is 2. The summed E-state index contributed by atoms with van der Waals surface area (Å²) in [5, 5.41) is 12.6. The van der Waals surface area contributed by atoms with Crippen LogP contribution < -0.4 is 5.32 Å². The number of aryl methyl sites for hydroxylation is 1. The Balaban J connectivity index is 2.32. The van der Waals surface area contributed by atoms with E-state index in [9.17, 15) is 5.11 Å². The van der Waals surface area contributed by atoms with Gasteiger partial charge in [0.2, 0.25) is 0 Å². The monoisotopic (exact) mass is 183 g/mol. The standard InChI is InChI=1S/C9H17N3O/c1-9(2,13)6-10-4-8-5-11-7-12(8)3/h5,7,10,13H,4,6H2,1-3H3. The lowest BCUT2D eigenvalue weighted by molar-refractivity contribution is 0.0793. The molecule has 0 fully saturated rings. The third-order valence-corrected chi connectivity index (χ3v) is 1.78. The molecule has 0 aliphatic rings. The van der Waals surface area contributed by atoms with E-state index in [0.29, 0.717) is 6.54 Å². The normalized spacial score (nSPS) is 12.0. The van der Waals surface area contributed by atoms with Gasteiger partial charge in [-0.3, -0.25) is 0 Å². The zero-order valence-electron chi connectivity index (χ0n) is 8.41. The number of nitrogens with one attached hydrogen (secondary N) is 1. The Kier molecular flexibility index (Phi) is 3.06. The number of aliphatic hydroxyl groups is 1. The molecule has 0 radical (unpaired) electrons. The molecule has 0 saturated carbocycles. The molecule has 13 heavy (non-hydrogen) atoms. The van der Waals surface area contributed by atoms with Gasteiger partial charge in [0.1, 0.15) is 0 Å². The van der Waals surface area contributed by atoms with E-state index < -0.39 is 5.60 Å². The zero-order valence-corrected chi connectivity index (χ0v) is 8.41. The highest BCUT2D eigenvalue weighted by Gasteiger charge is 2.11. The van der Waals surface area contributed by atoms with Gasteiger partial charge in [-0.2, -0.15) is 0 Å². The lowest BCUT2D eigenvalue weighted by Crippen LogP contribution is -2.34. The average Bonchev–Trinajstić information content (AvgIpc) is 2.34. The van der Waals surface area contributed by atoms with E-state index in [0.717, 1.165) is 12.2 Å². The van der Waals surface area contributed by atoms with Crippen molar-refractivity contribution in [2.45, 2.75) is 26.0 Å². The zero-order chi connectivity index (χ0) is 9.90. The largest absolute Gasteiger partial charge is 0.389 e. The van der Waals surface area contributed by atoms with Crippen molar-refractivity contribution in [1.29, 1.82) is 0 Å². The fourth-order valence-electron chi connectivity index (χ4n) is 1.05. The Morgan fingerprint density at radius 3 is 2.77 bits per heavy atom. The summed E-state index contributed by atoms with van der Waals surface area (Å²) < 4.78 is 1.96. The molecule has 1 rings (SSSR count). The van der Waals surface area contributed by atoms with Gasteiger partial charge < -0.3 is 15.0 Å². The average molecular weight is 183 g/mol. The molecular weight excluding hydrogens is 166 g/mol. The predicted molar refractivity (Wildman–Crippen MR) is 51.2 cm³/mol. The quantitative estimate of drug-likeness (QED) is 0.705. The van der Waals surface area contributed by atoms with Crippen LogP contribution in [0.25, 0.3) is 0 Å². The van der Waals surface area contributed by atoms with Crippen LogP contribution in [0.1, 0.15) is 19.5 Å². The van der Waals surface area contributed by atoms with E-state index in [1.165, 1.54) is 0 Å². The number of hydrogen-bond donors (Lipinski definition) is 2. The smallest absolute Gasteiger partial charge is 0.0945 e. The molecule has 1 heterocycles. The lowest BCUT2D eigenvalue weighted by atomic mass is 10.1. The van der Waals surface area contributed by atoms with Gasteiger partial charge in [-0.15, -0.1) is 0 Å². The Bertz CT molecular complexity index is 262. The topological polar surface area (TPSA) is 50.1 Å². The number of rotatable bonds is 4. The Morgan fingerprint density at radius 1 is 1.62 bits per heavy atom. The van der Waals surface area contributed by atoms with E-state index >= 15 is 0 Å². The maximum Gasteiger partial charge on any atom is 0.0945 e. The van der Waals surface area contributed by atoms with E-state index in [1.54, 1.807) is 20.2 Å². The van der Waals surface area contributed by atoms with Crippen molar-refractivity contribution >= 4 is 0 Å². The minimum Gasteiger partial charge on any atom is -0.389 e. The first-order valence-electron chi connectivity index (χ1n) is 4.37. The van der Waals surface area contributed by atoms with Gasteiger partial charge in [0.05, 0.1) is 17.6 Å². The molecule has 0 aromatic carbocycles. The van der Waals surface area contributed by atoms with E-state index in [1.807, 2.05) is 17.8 Å². The van der Waals surface area contributed by atoms with Crippen molar-refractivity contribution in [3.05, 3.63) is 18.2 Å². The first-order chi connectivity index (χ1) is 5.99. The Hall–Kier alpha value is -0.870. The summed E-state index contributed by atoms with van der Waals surface area (Å²) in [7, 11) is 1.95. The van der Waals surface area contributed by atoms with Crippen molar-refractivity contribution in [1.82, 2.24) is 14.9 Å². The molecule has 0 atom stereocenters. The van der Waals surface area contributed by atoms with Gasteiger partial charge in [-0.1, -0.05) is 0 Å². The molecule has 0 saturated heterocycles. The van der Waals surface area contributed by atoms with Gasteiger partial charge in [-0.25, -0.2) is 4.98 Å². The summed E-state index contributed by atoms with van der Waals surface area (Å²) in [6, 6.07) is 0. The van der Waals surface area contributed by atoms with E-state index in [4.69, 9.17) is 0 Å². The second-order valence-corrected chi connectivity index (χ2v) is 3.91. The SMILES string of the molecule is Cn1cncc1CNCC(C)(C)O. The minimum atomic E-state index is -0.654. The van der Waals surface area contributed by atoms with Crippen molar-refractivity contribution in [3.63, 3.8) is 0 Å². The lowest BCUT2D eigenvalue weighted by Gasteiger charge is -2.17. The van der Waals surface area contributed by atoms with Crippen molar-refractivity contribution in [2.75, 3.05) is 6.54 Å². The molecular formula is C9H17N3O. The van der Waals surface area contributed by atoms with Crippen LogP contribution in [0.3, 0.4) is 0 Å². The molecule has 0 spiro atoms. The van der Waals surface area contributed by atoms with Crippen LogP contribution in [0.4, 0.5) is 0 Å². The van der Waals surface area contributed by atoms with Crippen LogP contribution in [0.15, 0.2) is 12.5 Å². The third kappa shape index (κ3) is 3.57. The molecule has 4 nitrogen and oxygen atoms in total. The van der Waals surface area contributed by atoms with Gasteiger partial charge in [0.15, 0.2) is 0 Å². The fraction of sp³-hybridized carbons (Fsp3) is 0.667. The Labute approximate surface area is 78.6 Å². The van der Waals surface area contributed by atoms with Crippen LogP contribution in [0, 0.1) is 0 Å². The van der Waals surface area contributed by atoms with E-state index in [-0.39, 0.29) is 0 Å². The van der Waals surface area contributed by atoms with Gasteiger partial charge in [-0.05, 0) is 13.8 Å². The van der Waals surface area contributed by atoms with Crippen LogP contribution >= 0.6 is 0 Å². The molecule has 0 bridgehead atoms. The first-order valence-corrected chi connectivity index (χ1v) is 4.37. The van der Waals surface area contributed by atoms with Crippen LogP contribution in [-0.2, 0) is 13.6 Å². The molecule has 0 amide bonds. The maximum atomic E-state index is 9.43. The molecule has 0 aliphatic carbocycles. The molecule has 4 heteroatoms. The fourth-order valence-corrected chi connectivity index (χ4v) is 1.05. The maximum absolute atomic E-state index is 9.43. The highest BCUT2D eigenvalue weighted by Crippen LogP contribution is 1.99. The van der Waals surface area contributed by atoms with Gasteiger partial charge in [0, 0.05) is 26.3 Å². The van der Waals surface area contributed by atoms with Gasteiger partial charge >= 0.3 is 0 Å². The molecule has 74 valence electrons. The number of hydrogen-bond acceptors (Lipinski definition) is 3. The highest BCUT2D eigenvalue weighted by atomic mass is 16.3. The van der Waals surface area contributed by atoms with Crippen molar-refractivity contribution < 1.29 is 5.11 Å². The summed E-state index contributed by atoms with van der Waals surface area (Å²) in [4.78, 5) is 4.00. The molecule has 1 aromatic heterocycles. The van der Waals surface area contributed by atoms with Crippen LogP contribution in [0.5, 0.6) is 0 Å². The summed E-state index contributed by atoms with van der Waals surface area (Å²) in [6.07, 6.45) is 3.58. The Morgan fingerprint density at radius 2 is 2.31 bits per heavy atom. The van der Waals surface area contributed by atoms with Crippen molar-refractivity contribution in [3.8, 4) is 0 Å². The first kappa shape index (κ1) is 10.2. The van der Waals surface area contributed by atoms with Crippen LogP contribution in [-0.4, -0.2) is 26.8 Å².